The van der Waals surface area contributed by atoms with Crippen LogP contribution in [0.5, 0.6) is 0 Å². The Hall–Kier alpha value is -3.99. The second-order valence-corrected chi connectivity index (χ2v) is 9.94. The fraction of sp³-hybridized carbons (Fsp3) is 0.357. The lowest BCUT2D eigenvalue weighted by molar-refractivity contribution is -0.141. The van der Waals surface area contributed by atoms with Gasteiger partial charge in [0.25, 0.3) is 0 Å². The maximum absolute atomic E-state index is 13.2. The van der Waals surface area contributed by atoms with E-state index in [0.29, 0.717) is 41.1 Å². The number of hydrogen-bond donors (Lipinski definition) is 2. The zero-order valence-electron chi connectivity index (χ0n) is 21.6. The van der Waals surface area contributed by atoms with Crippen molar-refractivity contribution in [3.05, 3.63) is 77.6 Å². The van der Waals surface area contributed by atoms with Crippen LogP contribution in [0.2, 0.25) is 0 Å². The van der Waals surface area contributed by atoms with Crippen molar-refractivity contribution in [3.63, 3.8) is 0 Å². The number of imidazole rings is 1. The number of aromatic nitrogens is 4. The van der Waals surface area contributed by atoms with E-state index in [2.05, 4.69) is 9.97 Å². The van der Waals surface area contributed by atoms with Crippen LogP contribution in [-0.4, -0.2) is 48.4 Å². The van der Waals surface area contributed by atoms with Gasteiger partial charge in [0.15, 0.2) is 0 Å². The lowest BCUT2D eigenvalue weighted by Gasteiger charge is -2.32. The SMILES string of the molecule is CCC(=O)N1CCC[C@@H](c2nc(-c3ccc([C@](C)(O)c4cccc(C(F)(F)F)n4)cc3)c3c(N)nccn23)C1. The van der Waals surface area contributed by atoms with Gasteiger partial charge in [-0.1, -0.05) is 37.3 Å². The molecule has 0 unspecified atom stereocenters. The predicted octanol–water partition coefficient (Wildman–Crippen LogP) is 4.76. The number of piperidine rings is 1. The average Bonchev–Trinajstić information content (AvgIpc) is 3.33. The molecule has 11 heteroatoms. The van der Waals surface area contributed by atoms with Crippen LogP contribution in [0.1, 0.15) is 61.8 Å². The molecule has 39 heavy (non-hydrogen) atoms. The highest BCUT2D eigenvalue weighted by molar-refractivity contribution is 5.85. The molecule has 1 fully saturated rings. The minimum atomic E-state index is -4.62. The number of benzene rings is 1. The molecule has 1 aliphatic rings. The maximum Gasteiger partial charge on any atom is 0.433 e. The van der Waals surface area contributed by atoms with Gasteiger partial charge in [-0.05, 0) is 37.5 Å². The van der Waals surface area contributed by atoms with Crippen LogP contribution < -0.4 is 5.73 Å². The Kier molecular flexibility index (Phi) is 6.79. The summed E-state index contributed by atoms with van der Waals surface area (Å²) in [5.41, 5.74) is 5.63. The number of carbonyl (C=O) groups is 1. The summed E-state index contributed by atoms with van der Waals surface area (Å²) >= 11 is 0. The van der Waals surface area contributed by atoms with Gasteiger partial charge in [0.05, 0.1) is 5.69 Å². The van der Waals surface area contributed by atoms with E-state index in [1.54, 1.807) is 36.7 Å². The van der Waals surface area contributed by atoms with Crippen LogP contribution in [0.3, 0.4) is 0 Å². The molecule has 3 N–H and O–H groups in total. The highest BCUT2D eigenvalue weighted by Crippen LogP contribution is 2.36. The number of likely N-dealkylation sites (tertiary alicyclic amines) is 1. The Labute approximate surface area is 223 Å². The average molecular weight is 539 g/mol. The molecule has 2 atom stereocenters. The van der Waals surface area contributed by atoms with Gasteiger partial charge in [0, 0.05) is 43.4 Å². The van der Waals surface area contributed by atoms with Crippen molar-refractivity contribution in [2.24, 2.45) is 0 Å². The fourth-order valence-corrected chi connectivity index (χ4v) is 5.18. The summed E-state index contributed by atoms with van der Waals surface area (Å²) in [4.78, 5) is 27.1. The van der Waals surface area contributed by atoms with E-state index in [0.717, 1.165) is 31.3 Å². The van der Waals surface area contributed by atoms with Gasteiger partial charge >= 0.3 is 6.18 Å². The van der Waals surface area contributed by atoms with Crippen molar-refractivity contribution in [2.75, 3.05) is 18.8 Å². The molecular weight excluding hydrogens is 509 g/mol. The Bertz CT molecular complexity index is 1510. The number of nitrogens with zero attached hydrogens (tertiary/aromatic N) is 5. The van der Waals surface area contributed by atoms with E-state index in [-0.39, 0.29) is 17.5 Å². The second-order valence-electron chi connectivity index (χ2n) is 9.94. The Morgan fingerprint density at radius 1 is 1.13 bits per heavy atom. The largest absolute Gasteiger partial charge is 0.433 e. The molecule has 4 heterocycles. The monoisotopic (exact) mass is 538 g/mol. The highest BCUT2D eigenvalue weighted by Gasteiger charge is 2.35. The number of pyridine rings is 1. The van der Waals surface area contributed by atoms with Gasteiger partial charge in [-0.2, -0.15) is 13.2 Å². The van der Waals surface area contributed by atoms with Gasteiger partial charge in [0.2, 0.25) is 5.91 Å². The molecule has 3 aromatic heterocycles. The Morgan fingerprint density at radius 2 is 1.85 bits per heavy atom. The van der Waals surface area contributed by atoms with Crippen LogP contribution in [0.4, 0.5) is 19.0 Å². The molecule has 8 nitrogen and oxygen atoms in total. The predicted molar refractivity (Wildman–Crippen MR) is 140 cm³/mol. The molecule has 4 aromatic rings. The van der Waals surface area contributed by atoms with E-state index in [4.69, 9.17) is 10.7 Å². The molecule has 1 amide bonds. The number of hydrogen-bond acceptors (Lipinski definition) is 6. The Balaban J connectivity index is 1.51. The third kappa shape index (κ3) is 4.94. The zero-order chi connectivity index (χ0) is 27.9. The van der Waals surface area contributed by atoms with Gasteiger partial charge < -0.3 is 15.7 Å². The molecular formula is C28H29F3N6O2. The summed E-state index contributed by atoms with van der Waals surface area (Å²) in [6.45, 7) is 4.55. The van der Waals surface area contributed by atoms with Crippen molar-refractivity contribution in [1.82, 2.24) is 24.3 Å². The molecule has 0 bridgehead atoms. The van der Waals surface area contributed by atoms with E-state index in [1.165, 1.54) is 19.1 Å². The number of rotatable bonds is 5. The van der Waals surface area contributed by atoms with E-state index in [9.17, 15) is 23.1 Å². The van der Waals surface area contributed by atoms with Gasteiger partial charge in [-0.15, -0.1) is 0 Å². The summed E-state index contributed by atoms with van der Waals surface area (Å²) in [7, 11) is 0. The van der Waals surface area contributed by atoms with Gasteiger partial charge in [-0.25, -0.2) is 15.0 Å². The molecule has 0 spiro atoms. The van der Waals surface area contributed by atoms with Crippen LogP contribution in [0.25, 0.3) is 16.8 Å². The number of alkyl halides is 3. The summed E-state index contributed by atoms with van der Waals surface area (Å²) in [6, 6.07) is 10.2. The van der Waals surface area contributed by atoms with Crippen molar-refractivity contribution in [2.45, 2.75) is 50.8 Å². The van der Waals surface area contributed by atoms with Crippen molar-refractivity contribution in [1.29, 1.82) is 0 Å². The molecule has 0 radical (unpaired) electrons. The third-order valence-electron chi connectivity index (χ3n) is 7.31. The van der Waals surface area contributed by atoms with Crippen molar-refractivity contribution < 1.29 is 23.1 Å². The second kappa shape index (κ2) is 9.96. The molecule has 204 valence electrons. The summed E-state index contributed by atoms with van der Waals surface area (Å²) in [5, 5.41) is 11.2. The number of amides is 1. The lowest BCUT2D eigenvalue weighted by Crippen LogP contribution is -2.39. The van der Waals surface area contributed by atoms with E-state index >= 15 is 0 Å². The van der Waals surface area contributed by atoms with E-state index < -0.39 is 17.5 Å². The summed E-state index contributed by atoms with van der Waals surface area (Å²) in [6.07, 6.45) is 0.981. The number of anilines is 1. The maximum atomic E-state index is 13.2. The van der Waals surface area contributed by atoms with Crippen LogP contribution in [-0.2, 0) is 16.6 Å². The Morgan fingerprint density at radius 3 is 2.54 bits per heavy atom. The first-order chi connectivity index (χ1) is 18.5. The van der Waals surface area contributed by atoms with Crippen LogP contribution in [0, 0.1) is 0 Å². The number of nitrogen functional groups attached to an aromatic ring is 1. The van der Waals surface area contributed by atoms with Crippen LogP contribution in [0.15, 0.2) is 54.9 Å². The normalized spacial score (nSPS) is 17.8. The molecule has 0 aliphatic carbocycles. The number of halogens is 3. The quantitative estimate of drug-likeness (QED) is 0.379. The molecule has 1 aromatic carbocycles. The van der Waals surface area contributed by atoms with Crippen molar-refractivity contribution >= 4 is 17.2 Å². The van der Waals surface area contributed by atoms with Crippen molar-refractivity contribution in [3.8, 4) is 11.3 Å². The number of aliphatic hydroxyl groups is 1. The molecule has 1 saturated heterocycles. The third-order valence-corrected chi connectivity index (χ3v) is 7.31. The van der Waals surface area contributed by atoms with Gasteiger partial charge in [0.1, 0.15) is 34.1 Å². The van der Waals surface area contributed by atoms with E-state index in [1.807, 2.05) is 16.2 Å². The molecule has 1 aliphatic heterocycles. The first-order valence-corrected chi connectivity index (χ1v) is 12.8. The number of carbonyl (C=O) groups excluding carboxylic acids is 1. The number of fused-ring (bicyclic) bond motifs is 1. The topological polar surface area (TPSA) is 110 Å². The lowest BCUT2D eigenvalue weighted by atomic mass is 9.91. The van der Waals surface area contributed by atoms with Crippen LogP contribution >= 0.6 is 0 Å². The first kappa shape index (κ1) is 26.6. The minimum Gasteiger partial charge on any atom is -0.382 e. The summed E-state index contributed by atoms with van der Waals surface area (Å²) < 4.78 is 41.5. The smallest absolute Gasteiger partial charge is 0.382 e. The molecule has 0 saturated carbocycles. The minimum absolute atomic E-state index is 0.0179. The molecule has 5 rings (SSSR count). The highest BCUT2D eigenvalue weighted by atomic mass is 19.4. The fourth-order valence-electron chi connectivity index (χ4n) is 5.18. The number of nitrogens with two attached hydrogens (primary N) is 1. The van der Waals surface area contributed by atoms with Gasteiger partial charge in [-0.3, -0.25) is 9.20 Å². The zero-order valence-corrected chi connectivity index (χ0v) is 21.6. The first-order valence-electron chi connectivity index (χ1n) is 12.8. The summed E-state index contributed by atoms with van der Waals surface area (Å²) in [5.74, 6) is 1.21. The standard InChI is InChI=1S/C28H29F3N6O2/c1-3-22(38)36-14-5-6-18(16-36)26-35-23(24-25(32)33-13-15-37(24)26)17-9-11-19(12-10-17)27(2,39)20-7-4-8-21(34-20)28(29,30)31/h4,7-13,15,18,39H,3,5-6,14,16H2,1-2H3,(H2,32,33)/t18-,27+/m1/s1.